The molecule has 0 aliphatic rings. The molecule has 0 saturated carbocycles. The van der Waals surface area contributed by atoms with E-state index >= 15 is 0 Å². The Balaban J connectivity index is 2.15. The molecule has 1 N–H and O–H groups in total. The van der Waals surface area contributed by atoms with Crippen LogP contribution in [0.5, 0.6) is 0 Å². The van der Waals surface area contributed by atoms with Gasteiger partial charge in [0.05, 0.1) is 6.20 Å². The minimum absolute atomic E-state index is 0.351. The summed E-state index contributed by atoms with van der Waals surface area (Å²) in [5.41, 5.74) is 0.0376. The van der Waals surface area contributed by atoms with E-state index in [2.05, 4.69) is 15.4 Å². The molecule has 2 aromatic rings. The van der Waals surface area contributed by atoms with E-state index in [1.165, 1.54) is 4.52 Å². The first-order chi connectivity index (χ1) is 8.33. The minimum Gasteiger partial charge on any atom is -0.444 e. The number of nitrogens with one attached hydrogen (secondary N) is 1. The van der Waals surface area contributed by atoms with Crippen molar-refractivity contribution in [2.24, 2.45) is 0 Å². The average Bonchev–Trinajstić information content (AvgIpc) is 2.55. The second-order valence-corrected chi connectivity index (χ2v) is 5.10. The summed E-state index contributed by atoms with van der Waals surface area (Å²) in [4.78, 5) is 15.7. The molecular formula is C11H13ClN4O2. The largest absolute Gasteiger partial charge is 0.444 e. The minimum atomic E-state index is -0.558. The Morgan fingerprint density at radius 2 is 2.17 bits per heavy atom. The normalized spacial score (nSPS) is 11.6. The fraction of sp³-hybridized carbons (Fsp3) is 0.364. The molecule has 1 amide bonds. The summed E-state index contributed by atoms with van der Waals surface area (Å²) in [6.07, 6.45) is 1.00. The number of imidazole rings is 1. The Morgan fingerprint density at radius 1 is 1.44 bits per heavy atom. The molecule has 96 valence electrons. The maximum atomic E-state index is 11.5. The number of rotatable bonds is 1. The first-order valence-corrected chi connectivity index (χ1v) is 5.73. The van der Waals surface area contributed by atoms with E-state index in [0.717, 1.165) is 0 Å². The molecule has 7 heteroatoms. The average molecular weight is 269 g/mol. The van der Waals surface area contributed by atoms with Gasteiger partial charge in [-0.25, -0.2) is 14.3 Å². The number of amides is 1. The van der Waals surface area contributed by atoms with Crippen molar-refractivity contribution in [3.05, 3.63) is 23.5 Å². The van der Waals surface area contributed by atoms with Crippen LogP contribution in [-0.4, -0.2) is 26.3 Å². The van der Waals surface area contributed by atoms with Crippen LogP contribution in [-0.2, 0) is 4.74 Å². The van der Waals surface area contributed by atoms with Crippen LogP contribution in [0.1, 0.15) is 20.8 Å². The maximum Gasteiger partial charge on any atom is 0.413 e. The van der Waals surface area contributed by atoms with Gasteiger partial charge in [0.25, 0.3) is 0 Å². The summed E-state index contributed by atoms with van der Waals surface area (Å²) >= 11 is 5.75. The van der Waals surface area contributed by atoms with Crippen LogP contribution in [0.4, 0.5) is 10.6 Å². The van der Waals surface area contributed by atoms with Crippen LogP contribution in [0.15, 0.2) is 18.3 Å². The smallest absolute Gasteiger partial charge is 0.413 e. The molecule has 18 heavy (non-hydrogen) atoms. The molecule has 0 spiro atoms. The molecule has 0 fully saturated rings. The fourth-order valence-corrected chi connectivity index (χ4v) is 1.47. The van der Waals surface area contributed by atoms with Gasteiger partial charge < -0.3 is 4.74 Å². The van der Waals surface area contributed by atoms with Gasteiger partial charge in [0.2, 0.25) is 0 Å². The zero-order valence-corrected chi connectivity index (χ0v) is 11.0. The first kappa shape index (κ1) is 12.6. The van der Waals surface area contributed by atoms with Crippen molar-refractivity contribution < 1.29 is 9.53 Å². The Bertz CT molecular complexity index is 588. The number of halogens is 1. The third-order valence-corrected chi connectivity index (χ3v) is 2.12. The van der Waals surface area contributed by atoms with Crippen LogP contribution >= 0.6 is 11.6 Å². The first-order valence-electron chi connectivity index (χ1n) is 5.35. The molecular weight excluding hydrogens is 256 g/mol. The number of carbonyl (C=O) groups is 1. The van der Waals surface area contributed by atoms with Gasteiger partial charge in [-0.15, -0.1) is 0 Å². The summed E-state index contributed by atoms with van der Waals surface area (Å²) in [6, 6.07) is 3.33. The lowest BCUT2D eigenvalue weighted by atomic mass is 10.2. The maximum absolute atomic E-state index is 11.5. The van der Waals surface area contributed by atoms with Gasteiger partial charge >= 0.3 is 6.09 Å². The van der Waals surface area contributed by atoms with Crippen molar-refractivity contribution in [1.82, 2.24) is 14.6 Å². The Labute approximate surface area is 109 Å². The van der Waals surface area contributed by atoms with E-state index in [1.807, 2.05) is 0 Å². The van der Waals surface area contributed by atoms with Crippen LogP contribution in [0.2, 0.25) is 5.15 Å². The fourth-order valence-electron chi connectivity index (χ4n) is 1.33. The molecule has 0 atom stereocenters. The summed E-state index contributed by atoms with van der Waals surface area (Å²) in [5, 5.41) is 6.89. The zero-order valence-electron chi connectivity index (χ0n) is 10.3. The number of nitrogens with zero attached hydrogens (tertiary/aromatic N) is 3. The van der Waals surface area contributed by atoms with Gasteiger partial charge in [-0.1, -0.05) is 11.6 Å². The predicted molar refractivity (Wildman–Crippen MR) is 67.9 cm³/mol. The van der Waals surface area contributed by atoms with Crippen molar-refractivity contribution in [2.75, 3.05) is 5.32 Å². The lowest BCUT2D eigenvalue weighted by Crippen LogP contribution is -2.27. The Hall–Kier alpha value is -1.82. The number of carbonyl (C=O) groups excluding carboxylic acids is 1. The van der Waals surface area contributed by atoms with E-state index < -0.39 is 11.7 Å². The van der Waals surface area contributed by atoms with Gasteiger partial charge in [-0.3, -0.25) is 5.32 Å². The highest BCUT2D eigenvalue weighted by Gasteiger charge is 2.17. The number of aromatic nitrogens is 3. The van der Waals surface area contributed by atoms with Crippen LogP contribution in [0.3, 0.4) is 0 Å². The lowest BCUT2D eigenvalue weighted by Gasteiger charge is -2.18. The molecule has 0 radical (unpaired) electrons. The number of hydrogen-bond donors (Lipinski definition) is 1. The molecule has 2 aromatic heterocycles. The van der Waals surface area contributed by atoms with Crippen LogP contribution in [0, 0.1) is 0 Å². The molecule has 0 aromatic carbocycles. The lowest BCUT2D eigenvalue weighted by molar-refractivity contribution is 0.0635. The van der Waals surface area contributed by atoms with Crippen LogP contribution in [0.25, 0.3) is 5.65 Å². The second kappa shape index (κ2) is 4.45. The molecule has 0 aliphatic heterocycles. The molecule has 0 aliphatic carbocycles. The predicted octanol–water partition coefficient (Wildman–Crippen LogP) is 2.73. The van der Waals surface area contributed by atoms with Gasteiger partial charge in [-0.2, -0.15) is 5.10 Å². The quantitative estimate of drug-likeness (QED) is 0.863. The van der Waals surface area contributed by atoms with Crippen LogP contribution < -0.4 is 5.32 Å². The number of hydrogen-bond acceptors (Lipinski definition) is 4. The van der Waals surface area contributed by atoms with Gasteiger partial charge in [0, 0.05) is 0 Å². The number of fused-ring (bicyclic) bond motifs is 1. The zero-order chi connectivity index (χ0) is 13.3. The summed E-state index contributed by atoms with van der Waals surface area (Å²) in [5.74, 6) is 0.360. The Morgan fingerprint density at radius 3 is 2.83 bits per heavy atom. The molecule has 2 rings (SSSR count). The highest BCUT2D eigenvalue weighted by atomic mass is 35.5. The molecule has 2 heterocycles. The third kappa shape index (κ3) is 3.10. The van der Waals surface area contributed by atoms with Crippen molar-refractivity contribution >= 4 is 29.2 Å². The van der Waals surface area contributed by atoms with E-state index in [-0.39, 0.29) is 0 Å². The summed E-state index contributed by atoms with van der Waals surface area (Å²) < 4.78 is 6.60. The highest BCUT2D eigenvalue weighted by Crippen LogP contribution is 2.13. The van der Waals surface area contributed by atoms with E-state index in [9.17, 15) is 4.79 Å². The molecule has 6 nitrogen and oxygen atoms in total. The second-order valence-electron chi connectivity index (χ2n) is 4.71. The van der Waals surface area contributed by atoms with E-state index in [0.29, 0.717) is 16.6 Å². The SMILES string of the molecule is CC(C)(C)OC(=O)Nc1cn2nc(Cl)ccc2n1. The highest BCUT2D eigenvalue weighted by molar-refractivity contribution is 6.29. The Kier molecular flexibility index (Phi) is 3.13. The molecule has 0 bridgehead atoms. The van der Waals surface area contributed by atoms with Gasteiger partial charge in [0.15, 0.2) is 11.5 Å². The number of anilines is 1. The summed E-state index contributed by atoms with van der Waals surface area (Å²) in [6.45, 7) is 5.37. The standard InChI is InChI=1S/C11H13ClN4O2/c1-11(2,3)18-10(17)14-8-6-16-9(13-8)5-4-7(12)15-16/h4-6H,1-3H3,(H,14,17). The monoisotopic (exact) mass is 268 g/mol. The van der Waals surface area contributed by atoms with E-state index in [4.69, 9.17) is 16.3 Å². The van der Waals surface area contributed by atoms with E-state index in [1.54, 1.807) is 39.1 Å². The summed E-state index contributed by atoms with van der Waals surface area (Å²) in [7, 11) is 0. The number of ether oxygens (including phenoxy) is 1. The topological polar surface area (TPSA) is 68.5 Å². The van der Waals surface area contributed by atoms with Crippen molar-refractivity contribution in [1.29, 1.82) is 0 Å². The van der Waals surface area contributed by atoms with Crippen molar-refractivity contribution in [3.63, 3.8) is 0 Å². The van der Waals surface area contributed by atoms with Crippen molar-refractivity contribution in [3.8, 4) is 0 Å². The van der Waals surface area contributed by atoms with Crippen molar-refractivity contribution in [2.45, 2.75) is 26.4 Å². The third-order valence-electron chi connectivity index (χ3n) is 1.92. The molecule has 0 unspecified atom stereocenters. The van der Waals surface area contributed by atoms with Gasteiger partial charge in [-0.05, 0) is 32.9 Å². The van der Waals surface area contributed by atoms with Gasteiger partial charge in [0.1, 0.15) is 10.8 Å². The molecule has 0 saturated heterocycles.